The molecule has 3 rings (SSSR count). The van der Waals surface area contributed by atoms with Gasteiger partial charge in [-0.25, -0.2) is 4.79 Å². The fraction of sp³-hybridized carbons (Fsp3) is 0.167. The van der Waals surface area contributed by atoms with Crippen molar-refractivity contribution in [3.05, 3.63) is 75.6 Å². The maximum absolute atomic E-state index is 12.7. The second kappa shape index (κ2) is 6.36. The van der Waals surface area contributed by atoms with Crippen molar-refractivity contribution in [2.24, 2.45) is 0 Å². The quantitative estimate of drug-likeness (QED) is 0.467. The summed E-state index contributed by atoms with van der Waals surface area (Å²) < 4.78 is 43.4. The molecular formula is C18H13F3O2S. The Labute approximate surface area is 140 Å². The van der Waals surface area contributed by atoms with E-state index in [1.54, 1.807) is 12.1 Å². The zero-order valence-electron chi connectivity index (χ0n) is 12.7. The Morgan fingerprint density at radius 3 is 2.62 bits per heavy atom. The second-order valence-corrected chi connectivity index (χ2v) is 6.44. The molecular weight excluding hydrogens is 337 g/mol. The summed E-state index contributed by atoms with van der Waals surface area (Å²) in [6.45, 7) is 1.83. The Morgan fingerprint density at radius 1 is 1.08 bits per heavy atom. The Balaban J connectivity index is 1.82. The van der Waals surface area contributed by atoms with E-state index in [2.05, 4.69) is 0 Å². The van der Waals surface area contributed by atoms with Gasteiger partial charge < -0.3 is 4.42 Å². The van der Waals surface area contributed by atoms with Crippen LogP contribution in [0.2, 0.25) is 0 Å². The lowest BCUT2D eigenvalue weighted by molar-refractivity contribution is -0.137. The van der Waals surface area contributed by atoms with Crippen LogP contribution >= 0.6 is 11.8 Å². The zero-order valence-corrected chi connectivity index (χ0v) is 13.5. The van der Waals surface area contributed by atoms with Gasteiger partial charge >= 0.3 is 11.8 Å². The molecule has 0 spiro atoms. The average Bonchev–Trinajstić information content (AvgIpc) is 2.52. The van der Waals surface area contributed by atoms with Crippen molar-refractivity contribution >= 4 is 22.7 Å². The highest BCUT2D eigenvalue weighted by molar-refractivity contribution is 7.98. The number of benzene rings is 2. The van der Waals surface area contributed by atoms with Gasteiger partial charge in [0.05, 0.1) is 5.56 Å². The molecule has 0 saturated carbocycles. The van der Waals surface area contributed by atoms with Crippen LogP contribution in [0.15, 0.2) is 62.6 Å². The number of hydrogen-bond donors (Lipinski definition) is 0. The smallest absolute Gasteiger partial charge is 0.416 e. The van der Waals surface area contributed by atoms with Crippen LogP contribution in [0, 0.1) is 6.92 Å². The van der Waals surface area contributed by atoms with Gasteiger partial charge in [-0.2, -0.15) is 13.2 Å². The predicted molar refractivity (Wildman–Crippen MR) is 88.2 cm³/mol. The van der Waals surface area contributed by atoms with Gasteiger partial charge in [-0.15, -0.1) is 11.8 Å². The van der Waals surface area contributed by atoms with E-state index in [-0.39, 0.29) is 0 Å². The number of hydrogen-bond acceptors (Lipinski definition) is 3. The van der Waals surface area contributed by atoms with E-state index in [4.69, 9.17) is 4.42 Å². The maximum Gasteiger partial charge on any atom is 0.416 e. The predicted octanol–water partition coefficient (Wildman–Crippen LogP) is 5.41. The molecule has 124 valence electrons. The Kier molecular flexibility index (Phi) is 4.41. The number of halogens is 3. The standard InChI is InChI=1S/C18H13F3O2S/c1-11-7-17(22)23-16-9-14(5-6-15(11)16)24-10-12-3-2-4-13(8-12)18(19,20)21/h2-9H,10H2,1H3. The second-order valence-electron chi connectivity index (χ2n) is 5.39. The molecule has 0 unspecified atom stereocenters. The van der Waals surface area contributed by atoms with Gasteiger partial charge in [0, 0.05) is 22.1 Å². The molecule has 24 heavy (non-hydrogen) atoms. The molecule has 0 bridgehead atoms. The van der Waals surface area contributed by atoms with Crippen LogP contribution in [0.3, 0.4) is 0 Å². The lowest BCUT2D eigenvalue weighted by Gasteiger charge is -2.09. The average molecular weight is 350 g/mol. The fourth-order valence-corrected chi connectivity index (χ4v) is 3.27. The van der Waals surface area contributed by atoms with E-state index in [9.17, 15) is 18.0 Å². The fourth-order valence-electron chi connectivity index (χ4n) is 2.40. The molecule has 0 fully saturated rings. The molecule has 0 atom stereocenters. The summed E-state index contributed by atoms with van der Waals surface area (Å²) in [5.41, 5.74) is 0.825. The van der Waals surface area contributed by atoms with E-state index in [1.807, 2.05) is 19.1 Å². The molecule has 0 saturated heterocycles. The maximum atomic E-state index is 12.7. The molecule has 0 aliphatic rings. The zero-order chi connectivity index (χ0) is 17.3. The number of aryl methyl sites for hydroxylation is 1. The number of thioether (sulfide) groups is 1. The van der Waals surface area contributed by atoms with E-state index in [1.165, 1.54) is 23.9 Å². The van der Waals surface area contributed by atoms with Gasteiger partial charge in [0.2, 0.25) is 0 Å². The highest BCUT2D eigenvalue weighted by Gasteiger charge is 2.30. The number of fused-ring (bicyclic) bond motifs is 1. The molecule has 0 aliphatic carbocycles. The SMILES string of the molecule is Cc1cc(=O)oc2cc(SCc3cccc(C(F)(F)F)c3)ccc12. The van der Waals surface area contributed by atoms with Crippen LogP contribution in [0.25, 0.3) is 11.0 Å². The summed E-state index contributed by atoms with van der Waals surface area (Å²) in [5.74, 6) is 0.394. The topological polar surface area (TPSA) is 30.2 Å². The minimum absolute atomic E-state index is 0.394. The van der Waals surface area contributed by atoms with Gasteiger partial charge in [-0.3, -0.25) is 0 Å². The molecule has 0 N–H and O–H groups in total. The Bertz CT molecular complexity index is 945. The molecule has 1 heterocycles. The van der Waals surface area contributed by atoms with Crippen molar-refractivity contribution in [3.63, 3.8) is 0 Å². The Hall–Kier alpha value is -2.21. The largest absolute Gasteiger partial charge is 0.423 e. The van der Waals surface area contributed by atoms with Crippen LogP contribution in [-0.2, 0) is 11.9 Å². The number of rotatable bonds is 3. The van der Waals surface area contributed by atoms with Crippen molar-refractivity contribution in [3.8, 4) is 0 Å². The minimum atomic E-state index is -4.34. The van der Waals surface area contributed by atoms with Gasteiger partial charge in [-0.1, -0.05) is 18.2 Å². The molecule has 0 amide bonds. The third-order valence-electron chi connectivity index (χ3n) is 3.58. The summed E-state index contributed by atoms with van der Waals surface area (Å²) in [5, 5.41) is 0.845. The van der Waals surface area contributed by atoms with Gasteiger partial charge in [0.1, 0.15) is 5.58 Å². The third-order valence-corrected chi connectivity index (χ3v) is 4.65. The molecule has 2 nitrogen and oxygen atoms in total. The van der Waals surface area contributed by atoms with Crippen LogP contribution in [0.4, 0.5) is 13.2 Å². The van der Waals surface area contributed by atoms with Gasteiger partial charge in [-0.05, 0) is 42.3 Å². The van der Waals surface area contributed by atoms with Crippen molar-refractivity contribution in [2.75, 3.05) is 0 Å². The number of alkyl halides is 3. The monoisotopic (exact) mass is 350 g/mol. The first-order chi connectivity index (χ1) is 11.3. The first-order valence-corrected chi connectivity index (χ1v) is 8.15. The molecule has 0 aliphatic heterocycles. The van der Waals surface area contributed by atoms with Crippen LogP contribution < -0.4 is 5.63 Å². The molecule has 3 aromatic rings. The molecule has 2 aromatic carbocycles. The van der Waals surface area contributed by atoms with Crippen molar-refractivity contribution < 1.29 is 17.6 Å². The normalized spacial score (nSPS) is 11.8. The first kappa shape index (κ1) is 16.6. The van der Waals surface area contributed by atoms with E-state index in [0.29, 0.717) is 16.9 Å². The third kappa shape index (κ3) is 3.64. The lowest BCUT2D eigenvalue weighted by atomic mass is 10.1. The van der Waals surface area contributed by atoms with Crippen molar-refractivity contribution in [2.45, 2.75) is 23.7 Å². The van der Waals surface area contributed by atoms with Crippen molar-refractivity contribution in [1.29, 1.82) is 0 Å². The van der Waals surface area contributed by atoms with Crippen molar-refractivity contribution in [1.82, 2.24) is 0 Å². The highest BCUT2D eigenvalue weighted by Crippen LogP contribution is 2.32. The molecule has 1 aromatic heterocycles. The van der Waals surface area contributed by atoms with Crippen LogP contribution in [0.1, 0.15) is 16.7 Å². The minimum Gasteiger partial charge on any atom is -0.423 e. The summed E-state index contributed by atoms with van der Waals surface area (Å²) in [6.07, 6.45) is -4.34. The summed E-state index contributed by atoms with van der Waals surface area (Å²) in [6, 6.07) is 12.2. The van der Waals surface area contributed by atoms with E-state index < -0.39 is 17.4 Å². The lowest BCUT2D eigenvalue weighted by Crippen LogP contribution is -2.04. The van der Waals surface area contributed by atoms with Crippen LogP contribution in [0.5, 0.6) is 0 Å². The van der Waals surface area contributed by atoms with E-state index in [0.717, 1.165) is 28.0 Å². The van der Waals surface area contributed by atoms with E-state index >= 15 is 0 Å². The highest BCUT2D eigenvalue weighted by atomic mass is 32.2. The Morgan fingerprint density at radius 2 is 1.88 bits per heavy atom. The molecule has 6 heteroatoms. The van der Waals surface area contributed by atoms with Crippen LogP contribution in [-0.4, -0.2) is 0 Å². The first-order valence-electron chi connectivity index (χ1n) is 7.16. The van der Waals surface area contributed by atoms with Gasteiger partial charge in [0.15, 0.2) is 0 Å². The molecule has 0 radical (unpaired) electrons. The summed E-state index contributed by atoms with van der Waals surface area (Å²) >= 11 is 1.39. The summed E-state index contributed by atoms with van der Waals surface area (Å²) in [7, 11) is 0. The van der Waals surface area contributed by atoms with Gasteiger partial charge in [0.25, 0.3) is 0 Å². The summed E-state index contributed by atoms with van der Waals surface area (Å²) in [4.78, 5) is 12.3.